The minimum Gasteiger partial charge on any atom is -0.325 e. The minimum atomic E-state index is -0.422. The van der Waals surface area contributed by atoms with Crippen molar-refractivity contribution in [3.8, 4) is 0 Å². The number of carbonyl (C=O) groups excluding carboxylic acids is 1. The third kappa shape index (κ3) is 4.79. The molecule has 1 atom stereocenters. The zero-order chi connectivity index (χ0) is 21.9. The van der Waals surface area contributed by atoms with Gasteiger partial charge in [0.15, 0.2) is 5.16 Å². The number of benzene rings is 2. The third-order valence-corrected chi connectivity index (χ3v) is 7.53. The fourth-order valence-corrected chi connectivity index (χ4v) is 5.46. The maximum atomic E-state index is 13.4. The lowest BCUT2D eigenvalue weighted by Gasteiger charge is -2.17. The van der Waals surface area contributed by atoms with Gasteiger partial charge in [-0.2, -0.15) is 0 Å². The quantitative estimate of drug-likeness (QED) is 0.325. The Kier molecular flexibility index (Phi) is 6.10. The zero-order valence-electron chi connectivity index (χ0n) is 17.8. The van der Waals surface area contributed by atoms with E-state index in [4.69, 9.17) is 0 Å². The SMILES string of the molecule is Cc1ccc(NC(=O)[C@H](Sc2nnc(Cc3cccs3)n2C2CC2)c2ccccc2)cc1. The Morgan fingerprint density at radius 2 is 1.88 bits per heavy atom. The highest BCUT2D eigenvalue weighted by Crippen LogP contribution is 2.43. The van der Waals surface area contributed by atoms with Crippen LogP contribution in [0.15, 0.2) is 77.3 Å². The van der Waals surface area contributed by atoms with Crippen molar-refractivity contribution < 1.29 is 4.79 Å². The van der Waals surface area contributed by atoms with Gasteiger partial charge in [0.2, 0.25) is 5.91 Å². The van der Waals surface area contributed by atoms with E-state index in [2.05, 4.69) is 37.6 Å². The molecule has 2 aromatic heterocycles. The Labute approximate surface area is 195 Å². The summed E-state index contributed by atoms with van der Waals surface area (Å²) in [6, 6.07) is 22.4. The molecule has 1 amide bonds. The third-order valence-electron chi connectivity index (χ3n) is 5.44. The lowest BCUT2D eigenvalue weighted by Crippen LogP contribution is -2.19. The smallest absolute Gasteiger partial charge is 0.242 e. The van der Waals surface area contributed by atoms with Gasteiger partial charge in [0.1, 0.15) is 11.1 Å². The van der Waals surface area contributed by atoms with Crippen molar-refractivity contribution >= 4 is 34.7 Å². The normalized spacial score (nSPS) is 14.3. The number of rotatable bonds is 8. The van der Waals surface area contributed by atoms with Crippen molar-refractivity contribution in [1.82, 2.24) is 14.8 Å². The Morgan fingerprint density at radius 1 is 1.09 bits per heavy atom. The maximum Gasteiger partial charge on any atom is 0.242 e. The van der Waals surface area contributed by atoms with E-state index in [1.807, 2.05) is 61.5 Å². The highest BCUT2D eigenvalue weighted by molar-refractivity contribution is 8.00. The van der Waals surface area contributed by atoms with Crippen LogP contribution in [0.3, 0.4) is 0 Å². The van der Waals surface area contributed by atoms with Gasteiger partial charge in [-0.1, -0.05) is 65.9 Å². The molecule has 0 radical (unpaired) electrons. The van der Waals surface area contributed by atoms with Gasteiger partial charge in [0.25, 0.3) is 0 Å². The van der Waals surface area contributed by atoms with Gasteiger partial charge >= 0.3 is 0 Å². The number of aryl methyl sites for hydroxylation is 1. The molecular weight excluding hydrogens is 436 g/mol. The molecule has 0 bridgehead atoms. The molecule has 0 spiro atoms. The van der Waals surface area contributed by atoms with E-state index < -0.39 is 5.25 Å². The van der Waals surface area contributed by atoms with Crippen molar-refractivity contribution in [1.29, 1.82) is 0 Å². The first-order valence-electron chi connectivity index (χ1n) is 10.7. The Morgan fingerprint density at radius 3 is 2.56 bits per heavy atom. The highest BCUT2D eigenvalue weighted by atomic mass is 32.2. The summed E-state index contributed by atoms with van der Waals surface area (Å²) in [6.45, 7) is 2.03. The van der Waals surface area contributed by atoms with Crippen LogP contribution in [-0.2, 0) is 11.2 Å². The van der Waals surface area contributed by atoms with E-state index in [0.29, 0.717) is 6.04 Å². The van der Waals surface area contributed by atoms with E-state index >= 15 is 0 Å². The number of anilines is 1. The molecule has 162 valence electrons. The molecule has 0 saturated heterocycles. The number of hydrogen-bond donors (Lipinski definition) is 1. The van der Waals surface area contributed by atoms with Crippen LogP contribution in [0.4, 0.5) is 5.69 Å². The molecular formula is C25H24N4OS2. The summed E-state index contributed by atoms with van der Waals surface area (Å²) < 4.78 is 2.25. The molecule has 2 heterocycles. The van der Waals surface area contributed by atoms with Crippen LogP contribution >= 0.6 is 23.1 Å². The van der Waals surface area contributed by atoms with Crippen molar-refractivity contribution in [3.05, 3.63) is 93.9 Å². The van der Waals surface area contributed by atoms with Crippen LogP contribution in [0.25, 0.3) is 0 Å². The van der Waals surface area contributed by atoms with Crippen LogP contribution < -0.4 is 5.32 Å². The van der Waals surface area contributed by atoms with E-state index in [1.165, 1.54) is 16.6 Å². The van der Waals surface area contributed by atoms with Crippen LogP contribution in [0.5, 0.6) is 0 Å². The van der Waals surface area contributed by atoms with Gasteiger partial charge in [-0.05, 0) is 48.9 Å². The standard InChI is InChI=1S/C25H24N4OS2/c1-17-9-11-19(12-10-17)26-24(30)23(18-6-3-2-4-7-18)32-25-28-27-22(29(25)20-13-14-20)16-21-8-5-15-31-21/h2-12,15,20,23H,13-14,16H2,1H3,(H,26,30)/t23-/m1/s1. The summed E-state index contributed by atoms with van der Waals surface area (Å²) in [5.74, 6) is 0.915. The van der Waals surface area contributed by atoms with Gasteiger partial charge < -0.3 is 9.88 Å². The van der Waals surface area contributed by atoms with Gasteiger partial charge in [-0.15, -0.1) is 21.5 Å². The van der Waals surface area contributed by atoms with Crippen LogP contribution in [0.2, 0.25) is 0 Å². The number of amides is 1. The number of carbonyl (C=O) groups is 1. The van der Waals surface area contributed by atoms with Crippen LogP contribution in [0, 0.1) is 6.92 Å². The van der Waals surface area contributed by atoms with Crippen LogP contribution in [-0.4, -0.2) is 20.7 Å². The topological polar surface area (TPSA) is 59.8 Å². The molecule has 5 rings (SSSR count). The monoisotopic (exact) mass is 460 g/mol. The van der Waals surface area contributed by atoms with Crippen molar-refractivity contribution in [2.45, 2.75) is 42.6 Å². The van der Waals surface area contributed by atoms with Crippen molar-refractivity contribution in [2.75, 3.05) is 5.32 Å². The first kappa shape index (κ1) is 21.0. The highest BCUT2D eigenvalue weighted by Gasteiger charge is 2.32. The molecule has 7 heteroatoms. The lowest BCUT2D eigenvalue weighted by atomic mass is 10.1. The van der Waals surface area contributed by atoms with E-state index in [0.717, 1.165) is 47.1 Å². The average molecular weight is 461 g/mol. The Balaban J connectivity index is 1.43. The summed E-state index contributed by atoms with van der Waals surface area (Å²) in [5.41, 5.74) is 2.91. The van der Waals surface area contributed by atoms with Crippen molar-refractivity contribution in [3.63, 3.8) is 0 Å². The van der Waals surface area contributed by atoms with E-state index in [9.17, 15) is 4.79 Å². The second-order valence-electron chi connectivity index (χ2n) is 8.02. The molecule has 1 aliphatic carbocycles. The number of thioether (sulfide) groups is 1. The molecule has 2 aromatic carbocycles. The van der Waals surface area contributed by atoms with Crippen molar-refractivity contribution in [2.24, 2.45) is 0 Å². The molecule has 1 saturated carbocycles. The van der Waals surface area contributed by atoms with Gasteiger partial charge in [-0.25, -0.2) is 0 Å². The minimum absolute atomic E-state index is 0.0600. The molecule has 0 aliphatic heterocycles. The molecule has 32 heavy (non-hydrogen) atoms. The number of aromatic nitrogens is 3. The first-order valence-corrected chi connectivity index (χ1v) is 12.5. The number of nitrogens with one attached hydrogen (secondary N) is 1. The second kappa shape index (κ2) is 9.30. The first-order chi connectivity index (χ1) is 15.7. The van der Waals surface area contributed by atoms with E-state index in [-0.39, 0.29) is 5.91 Å². The fraction of sp³-hybridized carbons (Fsp3) is 0.240. The average Bonchev–Trinajstić information content (AvgIpc) is 3.36. The van der Waals surface area contributed by atoms with Crippen LogP contribution in [0.1, 0.15) is 46.0 Å². The largest absolute Gasteiger partial charge is 0.325 e. The van der Waals surface area contributed by atoms with Gasteiger partial charge in [-0.3, -0.25) is 4.79 Å². The van der Waals surface area contributed by atoms with Gasteiger partial charge in [0, 0.05) is 23.0 Å². The number of thiophene rings is 1. The summed E-state index contributed by atoms with van der Waals surface area (Å²) >= 11 is 3.22. The molecule has 0 unspecified atom stereocenters. The Hall–Kier alpha value is -2.90. The summed E-state index contributed by atoms with van der Waals surface area (Å²) in [7, 11) is 0. The van der Waals surface area contributed by atoms with E-state index in [1.54, 1.807) is 11.3 Å². The maximum absolute atomic E-state index is 13.4. The molecule has 1 fully saturated rings. The number of hydrogen-bond acceptors (Lipinski definition) is 5. The lowest BCUT2D eigenvalue weighted by molar-refractivity contribution is -0.115. The molecule has 4 aromatic rings. The predicted molar refractivity (Wildman–Crippen MR) is 130 cm³/mol. The summed E-state index contributed by atoms with van der Waals surface area (Å²) in [4.78, 5) is 14.6. The summed E-state index contributed by atoms with van der Waals surface area (Å²) in [5, 5.41) is 14.6. The molecule has 5 nitrogen and oxygen atoms in total. The van der Waals surface area contributed by atoms with Gasteiger partial charge in [0.05, 0.1) is 0 Å². The predicted octanol–water partition coefficient (Wildman–Crippen LogP) is 6.05. The zero-order valence-corrected chi connectivity index (χ0v) is 19.4. The molecule has 1 N–H and O–H groups in total. The summed E-state index contributed by atoms with van der Waals surface area (Å²) in [6.07, 6.45) is 3.04. The number of nitrogens with zero attached hydrogens (tertiary/aromatic N) is 3. The Bertz CT molecular complexity index is 1180. The molecule has 1 aliphatic rings. The fourth-order valence-electron chi connectivity index (χ4n) is 3.63. The second-order valence-corrected chi connectivity index (χ2v) is 10.1.